The van der Waals surface area contributed by atoms with Crippen LogP contribution in [0.5, 0.6) is 0 Å². The van der Waals surface area contributed by atoms with Gasteiger partial charge < -0.3 is 0 Å². The minimum absolute atomic E-state index is 0.149. The maximum absolute atomic E-state index is 12.7. The number of hydrogen-bond donors (Lipinski definition) is 0. The van der Waals surface area contributed by atoms with Crippen molar-refractivity contribution in [2.24, 2.45) is 0 Å². The number of benzene rings is 2. The quantitative estimate of drug-likeness (QED) is 0.353. The Balaban J connectivity index is 1.43. The van der Waals surface area contributed by atoms with Crippen molar-refractivity contribution in [1.29, 1.82) is 0 Å². The van der Waals surface area contributed by atoms with Crippen LogP contribution in [0.2, 0.25) is 0 Å². The standard InChI is InChI=1S/C23H24N2OS2/c1-13-5-7-20-18(9-13)24-22(27-20)15(3)11-17(26)12-16(4)23-25-19-10-14(2)6-8-21(19)28-23/h5-10,15-16H,11-12H2,1-4H3. The average Bonchev–Trinajstić information content (AvgIpc) is 3.24. The highest BCUT2D eigenvalue weighted by atomic mass is 32.1. The van der Waals surface area contributed by atoms with E-state index in [9.17, 15) is 4.79 Å². The molecular weight excluding hydrogens is 384 g/mol. The first kappa shape index (κ1) is 19.2. The minimum atomic E-state index is 0.149. The van der Waals surface area contributed by atoms with E-state index in [0.717, 1.165) is 21.0 Å². The van der Waals surface area contributed by atoms with Gasteiger partial charge in [-0.3, -0.25) is 4.79 Å². The SMILES string of the molecule is Cc1ccc2sc(C(C)CC(=O)CC(C)c3nc4cc(C)ccc4s3)nc2c1. The van der Waals surface area contributed by atoms with E-state index in [-0.39, 0.29) is 17.6 Å². The molecule has 0 saturated carbocycles. The number of carbonyl (C=O) groups is 1. The van der Waals surface area contributed by atoms with E-state index in [0.29, 0.717) is 12.8 Å². The van der Waals surface area contributed by atoms with Gasteiger partial charge in [-0.05, 0) is 49.2 Å². The van der Waals surface area contributed by atoms with Crippen LogP contribution in [0.25, 0.3) is 20.4 Å². The monoisotopic (exact) mass is 408 g/mol. The molecule has 0 aliphatic rings. The number of fused-ring (bicyclic) bond motifs is 2. The summed E-state index contributed by atoms with van der Waals surface area (Å²) in [4.78, 5) is 22.2. The van der Waals surface area contributed by atoms with Crippen molar-refractivity contribution in [3.8, 4) is 0 Å². The molecule has 0 fully saturated rings. The van der Waals surface area contributed by atoms with Crippen LogP contribution < -0.4 is 0 Å². The predicted octanol–water partition coefficient (Wildman–Crippen LogP) is 6.78. The topological polar surface area (TPSA) is 42.9 Å². The highest BCUT2D eigenvalue weighted by Gasteiger charge is 2.20. The second kappa shape index (κ2) is 7.72. The van der Waals surface area contributed by atoms with Crippen LogP contribution >= 0.6 is 22.7 Å². The van der Waals surface area contributed by atoms with E-state index in [1.54, 1.807) is 22.7 Å². The number of nitrogens with zero attached hydrogens (tertiary/aromatic N) is 2. The van der Waals surface area contributed by atoms with E-state index in [1.807, 2.05) is 0 Å². The van der Waals surface area contributed by atoms with Crippen LogP contribution in [0.1, 0.15) is 59.7 Å². The summed E-state index contributed by atoms with van der Waals surface area (Å²) in [6.45, 7) is 8.37. The predicted molar refractivity (Wildman–Crippen MR) is 120 cm³/mol. The fraction of sp³-hybridized carbons (Fsp3) is 0.348. The van der Waals surface area contributed by atoms with Crippen LogP contribution in [0.15, 0.2) is 36.4 Å². The second-order valence-electron chi connectivity index (χ2n) is 7.80. The van der Waals surface area contributed by atoms with E-state index < -0.39 is 0 Å². The highest BCUT2D eigenvalue weighted by Crippen LogP contribution is 2.33. The average molecular weight is 409 g/mol. The first-order chi connectivity index (χ1) is 13.4. The van der Waals surface area contributed by atoms with Gasteiger partial charge in [0.05, 0.1) is 30.4 Å². The van der Waals surface area contributed by atoms with E-state index in [2.05, 4.69) is 64.1 Å². The normalized spacial score (nSPS) is 13.9. The molecule has 2 aromatic heterocycles. The Bertz CT molecular complexity index is 1070. The summed E-state index contributed by atoms with van der Waals surface area (Å²) in [7, 11) is 0. The van der Waals surface area contributed by atoms with Crippen molar-refractivity contribution in [2.45, 2.75) is 52.4 Å². The van der Waals surface area contributed by atoms with Crippen molar-refractivity contribution >= 4 is 48.9 Å². The molecule has 0 bridgehead atoms. The Hall–Kier alpha value is -2.11. The van der Waals surface area contributed by atoms with Crippen molar-refractivity contribution in [1.82, 2.24) is 9.97 Å². The summed E-state index contributed by atoms with van der Waals surface area (Å²) >= 11 is 3.40. The lowest BCUT2D eigenvalue weighted by Crippen LogP contribution is -2.08. The molecule has 4 rings (SSSR count). The van der Waals surface area contributed by atoms with Crippen molar-refractivity contribution in [2.75, 3.05) is 0 Å². The first-order valence-corrected chi connectivity index (χ1v) is 11.3. The number of aryl methyl sites for hydroxylation is 2. The van der Waals surface area contributed by atoms with Gasteiger partial charge in [0.2, 0.25) is 0 Å². The summed E-state index contributed by atoms with van der Waals surface area (Å²) in [5.74, 6) is 0.580. The molecule has 0 saturated heterocycles. The first-order valence-electron chi connectivity index (χ1n) is 9.65. The van der Waals surface area contributed by atoms with Gasteiger partial charge >= 0.3 is 0 Å². The molecule has 2 atom stereocenters. The number of carbonyl (C=O) groups excluding carboxylic acids is 1. The summed E-state index contributed by atoms with van der Waals surface area (Å²) in [5.41, 5.74) is 4.51. The van der Waals surface area contributed by atoms with Crippen LogP contribution in [0, 0.1) is 13.8 Å². The third-order valence-electron chi connectivity index (χ3n) is 5.03. The van der Waals surface area contributed by atoms with E-state index in [4.69, 9.17) is 9.97 Å². The molecule has 144 valence electrons. The lowest BCUT2D eigenvalue weighted by Gasteiger charge is -2.10. The zero-order valence-corrected chi connectivity index (χ0v) is 18.3. The maximum atomic E-state index is 12.7. The molecule has 0 aliphatic carbocycles. The van der Waals surface area contributed by atoms with Gasteiger partial charge in [0.1, 0.15) is 5.78 Å². The van der Waals surface area contributed by atoms with Crippen molar-refractivity contribution in [3.63, 3.8) is 0 Å². The number of Topliss-reactive ketones (excluding diaryl/α,β-unsaturated/α-hetero) is 1. The Labute approximate surface area is 173 Å². The second-order valence-corrected chi connectivity index (χ2v) is 9.92. The zero-order valence-electron chi connectivity index (χ0n) is 16.7. The molecule has 3 nitrogen and oxygen atoms in total. The summed E-state index contributed by atoms with van der Waals surface area (Å²) < 4.78 is 2.39. The van der Waals surface area contributed by atoms with Crippen LogP contribution in [0.3, 0.4) is 0 Å². The summed E-state index contributed by atoms with van der Waals surface area (Å²) in [5, 5.41) is 2.11. The molecule has 0 radical (unpaired) electrons. The molecular formula is C23H24N2OS2. The van der Waals surface area contributed by atoms with Gasteiger partial charge in [-0.2, -0.15) is 0 Å². The molecule has 2 unspecified atom stereocenters. The lowest BCUT2D eigenvalue weighted by molar-refractivity contribution is -0.119. The lowest BCUT2D eigenvalue weighted by atomic mass is 9.98. The van der Waals surface area contributed by atoms with Crippen molar-refractivity contribution in [3.05, 3.63) is 57.5 Å². The third kappa shape index (κ3) is 4.01. The van der Waals surface area contributed by atoms with E-state index in [1.165, 1.54) is 20.5 Å². The smallest absolute Gasteiger partial charge is 0.134 e. The molecule has 28 heavy (non-hydrogen) atoms. The zero-order chi connectivity index (χ0) is 19.8. The molecule has 0 aliphatic heterocycles. The number of aromatic nitrogens is 2. The molecule has 5 heteroatoms. The van der Waals surface area contributed by atoms with Gasteiger partial charge in [0.15, 0.2) is 0 Å². The summed E-state index contributed by atoms with van der Waals surface area (Å²) in [6, 6.07) is 12.7. The fourth-order valence-corrected chi connectivity index (χ4v) is 5.47. The Morgan fingerprint density at radius 1 is 0.821 bits per heavy atom. The van der Waals surface area contributed by atoms with Gasteiger partial charge in [-0.25, -0.2) is 9.97 Å². The number of ketones is 1. The number of thiazole rings is 2. The van der Waals surface area contributed by atoms with Crippen LogP contribution in [-0.4, -0.2) is 15.8 Å². The number of rotatable bonds is 6. The van der Waals surface area contributed by atoms with Gasteiger partial charge in [0, 0.05) is 24.7 Å². The van der Waals surface area contributed by atoms with E-state index >= 15 is 0 Å². The molecule has 2 heterocycles. The minimum Gasteiger partial charge on any atom is -0.300 e. The Morgan fingerprint density at radius 2 is 1.25 bits per heavy atom. The molecule has 0 N–H and O–H groups in total. The Morgan fingerprint density at radius 3 is 1.68 bits per heavy atom. The molecule has 0 amide bonds. The number of hydrogen-bond acceptors (Lipinski definition) is 5. The summed E-state index contributed by atoms with van der Waals surface area (Å²) in [6.07, 6.45) is 1.07. The third-order valence-corrected chi connectivity index (χ3v) is 7.57. The fourth-order valence-electron chi connectivity index (χ4n) is 3.47. The maximum Gasteiger partial charge on any atom is 0.134 e. The molecule has 4 aromatic rings. The van der Waals surface area contributed by atoms with Crippen LogP contribution in [-0.2, 0) is 4.79 Å². The largest absolute Gasteiger partial charge is 0.300 e. The van der Waals surface area contributed by atoms with Gasteiger partial charge in [-0.1, -0.05) is 26.0 Å². The van der Waals surface area contributed by atoms with Crippen LogP contribution in [0.4, 0.5) is 0 Å². The molecule has 0 spiro atoms. The van der Waals surface area contributed by atoms with Gasteiger partial charge in [-0.15, -0.1) is 22.7 Å². The highest BCUT2D eigenvalue weighted by molar-refractivity contribution is 7.19. The Kier molecular flexibility index (Phi) is 5.30. The molecule has 2 aromatic carbocycles. The van der Waals surface area contributed by atoms with Gasteiger partial charge in [0.25, 0.3) is 0 Å². The van der Waals surface area contributed by atoms with Crippen molar-refractivity contribution < 1.29 is 4.79 Å².